The van der Waals surface area contributed by atoms with Gasteiger partial charge in [-0.05, 0) is 6.42 Å². The molecule has 0 bridgehead atoms. The summed E-state index contributed by atoms with van der Waals surface area (Å²) in [6, 6.07) is 0.426. The second kappa shape index (κ2) is 2.68. The molecule has 4 heteroatoms. The van der Waals surface area contributed by atoms with Crippen molar-refractivity contribution < 1.29 is 4.79 Å². The number of carbonyl (C=O) groups excluding carboxylic acids is 1. The lowest BCUT2D eigenvalue weighted by atomic mass is 9.99. The second-order valence-corrected chi connectivity index (χ2v) is 4.44. The molecule has 3 unspecified atom stereocenters. The van der Waals surface area contributed by atoms with Crippen LogP contribution in [0.5, 0.6) is 0 Å². The molecule has 0 aromatic rings. The number of nitrogens with one attached hydrogen (secondary N) is 1. The lowest BCUT2D eigenvalue weighted by Crippen LogP contribution is -2.52. The Bertz CT molecular complexity index is 185. The molecule has 0 aromatic carbocycles. The highest BCUT2D eigenvalue weighted by atomic mass is 32.2. The van der Waals surface area contributed by atoms with Crippen molar-refractivity contribution in [3.05, 3.63) is 0 Å². The maximum absolute atomic E-state index is 11.0. The highest BCUT2D eigenvalue weighted by Crippen LogP contribution is 2.31. The van der Waals surface area contributed by atoms with Crippen LogP contribution in [0, 0.1) is 0 Å². The summed E-state index contributed by atoms with van der Waals surface area (Å²) < 4.78 is 0. The molecule has 3 N–H and O–H groups in total. The van der Waals surface area contributed by atoms with Gasteiger partial charge in [0.15, 0.2) is 0 Å². The van der Waals surface area contributed by atoms with Gasteiger partial charge in [-0.2, -0.15) is 11.8 Å². The third kappa shape index (κ3) is 1.25. The number of fused-ring (bicyclic) bond motifs is 1. The van der Waals surface area contributed by atoms with Crippen LogP contribution in [-0.2, 0) is 4.79 Å². The smallest absolute Gasteiger partial charge is 0.220 e. The maximum atomic E-state index is 11.0. The molecular formula is C7H12N2OS. The number of piperidine rings is 1. The minimum Gasteiger partial charge on any atom is -0.351 e. The Kier molecular flexibility index (Phi) is 1.81. The van der Waals surface area contributed by atoms with Crippen LogP contribution >= 0.6 is 11.8 Å². The normalized spacial score (nSPS) is 43.4. The van der Waals surface area contributed by atoms with Crippen molar-refractivity contribution in [1.82, 2.24) is 5.32 Å². The first kappa shape index (κ1) is 7.43. The van der Waals surface area contributed by atoms with E-state index in [0.29, 0.717) is 11.7 Å². The first-order chi connectivity index (χ1) is 5.27. The van der Waals surface area contributed by atoms with E-state index in [2.05, 4.69) is 5.32 Å². The molecule has 0 radical (unpaired) electrons. The van der Waals surface area contributed by atoms with E-state index in [0.717, 1.165) is 12.2 Å². The Labute approximate surface area is 70.1 Å². The Morgan fingerprint density at radius 1 is 1.64 bits per heavy atom. The molecule has 2 heterocycles. The summed E-state index contributed by atoms with van der Waals surface area (Å²) in [5.41, 5.74) is 5.82. The van der Waals surface area contributed by atoms with Crippen LogP contribution in [0.2, 0.25) is 0 Å². The summed E-state index contributed by atoms with van der Waals surface area (Å²) >= 11 is 1.90. The SMILES string of the molecule is NC1CSC2CCC(=O)NC12. The van der Waals surface area contributed by atoms with Crippen molar-refractivity contribution >= 4 is 17.7 Å². The van der Waals surface area contributed by atoms with E-state index in [1.165, 1.54) is 0 Å². The van der Waals surface area contributed by atoms with E-state index < -0.39 is 0 Å². The van der Waals surface area contributed by atoms with E-state index in [1.807, 2.05) is 11.8 Å². The summed E-state index contributed by atoms with van der Waals surface area (Å²) in [5.74, 6) is 1.17. The van der Waals surface area contributed by atoms with E-state index in [4.69, 9.17) is 5.73 Å². The highest BCUT2D eigenvalue weighted by molar-refractivity contribution is 8.00. The van der Waals surface area contributed by atoms with Crippen LogP contribution in [-0.4, -0.2) is 29.0 Å². The van der Waals surface area contributed by atoms with Crippen molar-refractivity contribution in [3.63, 3.8) is 0 Å². The number of hydrogen-bond donors (Lipinski definition) is 2. The topological polar surface area (TPSA) is 55.1 Å². The van der Waals surface area contributed by atoms with Crippen LogP contribution in [0.1, 0.15) is 12.8 Å². The fourth-order valence-electron chi connectivity index (χ4n) is 1.71. The molecule has 0 saturated carbocycles. The molecule has 3 atom stereocenters. The Morgan fingerprint density at radius 3 is 3.27 bits per heavy atom. The monoisotopic (exact) mass is 172 g/mol. The van der Waals surface area contributed by atoms with Gasteiger partial charge in [-0.25, -0.2) is 0 Å². The molecule has 62 valence electrons. The molecule has 2 fully saturated rings. The van der Waals surface area contributed by atoms with E-state index in [9.17, 15) is 4.79 Å². The Hall–Kier alpha value is -0.220. The molecule has 0 aromatic heterocycles. The number of hydrogen-bond acceptors (Lipinski definition) is 3. The maximum Gasteiger partial charge on any atom is 0.220 e. The summed E-state index contributed by atoms with van der Waals surface area (Å²) in [5, 5.41) is 3.53. The van der Waals surface area contributed by atoms with Gasteiger partial charge in [0, 0.05) is 23.5 Å². The molecule has 0 spiro atoms. The predicted octanol–water partition coefficient (Wildman–Crippen LogP) is -0.292. The number of nitrogens with two attached hydrogens (primary N) is 1. The minimum absolute atomic E-state index is 0.171. The standard InChI is InChI=1S/C7H12N2OS/c8-4-3-11-5-1-2-6(10)9-7(4)5/h4-5,7H,1-3,8H2,(H,9,10). The summed E-state index contributed by atoms with van der Waals surface area (Å²) in [6.45, 7) is 0. The van der Waals surface area contributed by atoms with Gasteiger partial charge in [0.2, 0.25) is 5.91 Å². The van der Waals surface area contributed by atoms with Gasteiger partial charge in [-0.15, -0.1) is 0 Å². The van der Waals surface area contributed by atoms with Crippen LogP contribution in [0.4, 0.5) is 0 Å². The molecule has 1 amide bonds. The zero-order valence-electron chi connectivity index (χ0n) is 6.25. The van der Waals surface area contributed by atoms with E-state index in [1.54, 1.807) is 0 Å². The largest absolute Gasteiger partial charge is 0.351 e. The van der Waals surface area contributed by atoms with Gasteiger partial charge >= 0.3 is 0 Å². The lowest BCUT2D eigenvalue weighted by Gasteiger charge is -2.27. The summed E-state index contributed by atoms with van der Waals surface area (Å²) in [6.07, 6.45) is 1.69. The second-order valence-electron chi connectivity index (χ2n) is 3.17. The molecule has 2 aliphatic heterocycles. The van der Waals surface area contributed by atoms with Crippen LogP contribution in [0.15, 0.2) is 0 Å². The summed E-state index contributed by atoms with van der Waals surface area (Å²) in [4.78, 5) is 11.0. The molecular weight excluding hydrogens is 160 g/mol. The fraction of sp³-hybridized carbons (Fsp3) is 0.857. The number of carbonyl (C=O) groups is 1. The summed E-state index contributed by atoms with van der Waals surface area (Å²) in [7, 11) is 0. The molecule has 11 heavy (non-hydrogen) atoms. The van der Waals surface area contributed by atoms with E-state index >= 15 is 0 Å². The average molecular weight is 172 g/mol. The molecule has 2 rings (SSSR count). The number of amides is 1. The van der Waals surface area contributed by atoms with Gasteiger partial charge in [-0.1, -0.05) is 0 Å². The van der Waals surface area contributed by atoms with Crippen molar-refractivity contribution in [1.29, 1.82) is 0 Å². The quantitative estimate of drug-likeness (QED) is 0.528. The third-order valence-electron chi connectivity index (χ3n) is 2.35. The number of rotatable bonds is 0. The van der Waals surface area contributed by atoms with Crippen molar-refractivity contribution in [2.45, 2.75) is 30.2 Å². The zero-order valence-corrected chi connectivity index (χ0v) is 7.06. The van der Waals surface area contributed by atoms with Gasteiger partial charge in [0.05, 0.1) is 6.04 Å². The van der Waals surface area contributed by atoms with Crippen molar-refractivity contribution in [2.75, 3.05) is 5.75 Å². The third-order valence-corrected chi connectivity index (χ3v) is 3.88. The molecule has 0 aliphatic carbocycles. The predicted molar refractivity (Wildman–Crippen MR) is 45.4 cm³/mol. The Morgan fingerprint density at radius 2 is 2.45 bits per heavy atom. The molecule has 2 saturated heterocycles. The van der Waals surface area contributed by atoms with Crippen LogP contribution in [0.25, 0.3) is 0 Å². The van der Waals surface area contributed by atoms with Gasteiger partial charge in [-0.3, -0.25) is 4.79 Å². The van der Waals surface area contributed by atoms with Crippen LogP contribution < -0.4 is 11.1 Å². The average Bonchev–Trinajstić information content (AvgIpc) is 2.33. The molecule has 3 nitrogen and oxygen atoms in total. The van der Waals surface area contributed by atoms with Gasteiger partial charge in [0.25, 0.3) is 0 Å². The van der Waals surface area contributed by atoms with Gasteiger partial charge in [0.1, 0.15) is 0 Å². The van der Waals surface area contributed by atoms with Crippen molar-refractivity contribution in [2.24, 2.45) is 5.73 Å². The Balaban J connectivity index is 2.07. The van der Waals surface area contributed by atoms with E-state index in [-0.39, 0.29) is 18.0 Å². The number of thioether (sulfide) groups is 1. The fourth-order valence-corrected chi connectivity index (χ4v) is 3.15. The van der Waals surface area contributed by atoms with Crippen LogP contribution in [0.3, 0.4) is 0 Å². The highest BCUT2D eigenvalue weighted by Gasteiger charge is 2.38. The minimum atomic E-state index is 0.171. The van der Waals surface area contributed by atoms with Crippen molar-refractivity contribution in [3.8, 4) is 0 Å². The molecule has 2 aliphatic rings. The lowest BCUT2D eigenvalue weighted by molar-refractivity contribution is -0.123. The zero-order chi connectivity index (χ0) is 7.84. The first-order valence-corrected chi connectivity index (χ1v) is 4.99. The first-order valence-electron chi connectivity index (χ1n) is 3.94. The van der Waals surface area contributed by atoms with Gasteiger partial charge < -0.3 is 11.1 Å².